The second-order valence-electron chi connectivity index (χ2n) is 7.63. The van der Waals surface area contributed by atoms with Crippen LogP contribution in [0.5, 0.6) is 0 Å². The maximum absolute atomic E-state index is 12.2. The van der Waals surface area contributed by atoms with E-state index in [0.29, 0.717) is 22.5 Å². The number of aryl methyl sites for hydroxylation is 1. The molecule has 144 valence electrons. The van der Waals surface area contributed by atoms with Gasteiger partial charge < -0.3 is 15.0 Å². The Morgan fingerprint density at radius 1 is 1.07 bits per heavy atom. The second kappa shape index (κ2) is 7.78. The molecule has 6 heteroatoms. The minimum atomic E-state index is -0.665. The first-order valence-corrected chi connectivity index (χ1v) is 8.78. The highest BCUT2D eigenvalue weighted by molar-refractivity contribution is 6.01. The molecule has 0 aliphatic heterocycles. The maximum Gasteiger partial charge on any atom is 0.355 e. The third kappa shape index (κ3) is 4.84. The third-order valence-electron chi connectivity index (χ3n) is 4.36. The Hall–Kier alpha value is -2.89. The molecular weight excluding hydrogens is 344 g/mol. The zero-order valence-corrected chi connectivity index (χ0v) is 16.6. The lowest BCUT2D eigenvalue weighted by atomic mass is 9.87. The largest absolute Gasteiger partial charge is 0.451 e. The number of benzene rings is 1. The smallest absolute Gasteiger partial charge is 0.355 e. The molecule has 0 aliphatic rings. The Kier molecular flexibility index (Phi) is 5.88. The number of Topliss-reactive ketones (excluding diaryl/α,β-unsaturated/α-hetero) is 1. The molecule has 2 N–H and O–H groups in total. The van der Waals surface area contributed by atoms with Gasteiger partial charge in [0.1, 0.15) is 5.69 Å². The van der Waals surface area contributed by atoms with Crippen LogP contribution in [0.15, 0.2) is 24.3 Å². The molecule has 0 fully saturated rings. The zero-order chi connectivity index (χ0) is 20.4. The minimum absolute atomic E-state index is 0.0306. The van der Waals surface area contributed by atoms with Crippen LogP contribution in [0.3, 0.4) is 0 Å². The van der Waals surface area contributed by atoms with Crippen LogP contribution in [0.4, 0.5) is 5.69 Å². The van der Waals surface area contributed by atoms with Gasteiger partial charge >= 0.3 is 5.97 Å². The average molecular weight is 370 g/mol. The molecule has 0 unspecified atom stereocenters. The van der Waals surface area contributed by atoms with Gasteiger partial charge in [-0.15, -0.1) is 0 Å². The van der Waals surface area contributed by atoms with E-state index in [-0.39, 0.29) is 16.9 Å². The Bertz CT molecular complexity index is 871. The predicted molar refractivity (Wildman–Crippen MR) is 104 cm³/mol. The van der Waals surface area contributed by atoms with Gasteiger partial charge in [0.25, 0.3) is 5.91 Å². The van der Waals surface area contributed by atoms with E-state index < -0.39 is 18.5 Å². The quantitative estimate of drug-likeness (QED) is 0.617. The first-order valence-electron chi connectivity index (χ1n) is 8.78. The van der Waals surface area contributed by atoms with Gasteiger partial charge in [0.2, 0.25) is 0 Å². The van der Waals surface area contributed by atoms with Crippen LogP contribution in [0.1, 0.15) is 65.4 Å². The molecule has 0 atom stereocenters. The summed E-state index contributed by atoms with van der Waals surface area (Å²) in [5.74, 6) is -1.22. The number of ketones is 1. The highest BCUT2D eigenvalue weighted by Gasteiger charge is 2.21. The summed E-state index contributed by atoms with van der Waals surface area (Å²) in [6, 6.07) is 7.54. The molecule has 6 nitrogen and oxygen atoms in total. The van der Waals surface area contributed by atoms with Crippen molar-refractivity contribution in [2.75, 3.05) is 11.9 Å². The number of carbonyl (C=O) groups excluding carboxylic acids is 3. The molecule has 0 radical (unpaired) electrons. The fourth-order valence-electron chi connectivity index (χ4n) is 2.94. The lowest BCUT2D eigenvalue weighted by molar-refractivity contribution is -0.119. The number of anilines is 1. The topological polar surface area (TPSA) is 88.3 Å². The van der Waals surface area contributed by atoms with Gasteiger partial charge in [0.05, 0.1) is 0 Å². The normalized spacial score (nSPS) is 11.2. The van der Waals surface area contributed by atoms with Crippen LogP contribution in [-0.2, 0) is 14.9 Å². The molecule has 1 aromatic carbocycles. The summed E-state index contributed by atoms with van der Waals surface area (Å²) in [5, 5.41) is 2.70. The van der Waals surface area contributed by atoms with Gasteiger partial charge in [-0.3, -0.25) is 9.59 Å². The van der Waals surface area contributed by atoms with Crippen molar-refractivity contribution in [1.82, 2.24) is 4.98 Å². The maximum atomic E-state index is 12.2. The molecule has 1 amide bonds. The van der Waals surface area contributed by atoms with Crippen molar-refractivity contribution in [3.8, 4) is 0 Å². The number of aromatic nitrogens is 1. The number of carbonyl (C=O) groups is 3. The van der Waals surface area contributed by atoms with E-state index in [4.69, 9.17) is 4.74 Å². The number of H-pyrrole nitrogens is 1. The van der Waals surface area contributed by atoms with E-state index in [1.807, 2.05) is 24.3 Å². The van der Waals surface area contributed by atoms with Crippen LogP contribution in [0.25, 0.3) is 0 Å². The van der Waals surface area contributed by atoms with Crippen molar-refractivity contribution in [1.29, 1.82) is 0 Å². The average Bonchev–Trinajstić information content (AvgIpc) is 2.87. The lowest BCUT2D eigenvalue weighted by Gasteiger charge is -2.19. The summed E-state index contributed by atoms with van der Waals surface area (Å²) in [6.07, 6.45) is 0. The first kappa shape index (κ1) is 20.4. The fourth-order valence-corrected chi connectivity index (χ4v) is 2.94. The molecule has 0 saturated heterocycles. The summed E-state index contributed by atoms with van der Waals surface area (Å²) in [7, 11) is 0. The minimum Gasteiger partial charge on any atom is -0.451 e. The molecule has 1 aromatic heterocycles. The number of hydrogen-bond acceptors (Lipinski definition) is 4. The number of amides is 1. The lowest BCUT2D eigenvalue weighted by Crippen LogP contribution is -2.21. The van der Waals surface area contributed by atoms with Crippen molar-refractivity contribution in [2.45, 2.75) is 47.0 Å². The van der Waals surface area contributed by atoms with Crippen LogP contribution < -0.4 is 5.32 Å². The van der Waals surface area contributed by atoms with Gasteiger partial charge in [-0.25, -0.2) is 4.79 Å². The molecule has 27 heavy (non-hydrogen) atoms. The number of aromatic amines is 1. The van der Waals surface area contributed by atoms with E-state index in [1.165, 1.54) is 6.92 Å². The molecule has 1 heterocycles. The first-order chi connectivity index (χ1) is 12.5. The van der Waals surface area contributed by atoms with E-state index >= 15 is 0 Å². The summed E-state index contributed by atoms with van der Waals surface area (Å²) >= 11 is 0. The number of ether oxygens (including phenoxy) is 1. The van der Waals surface area contributed by atoms with Crippen LogP contribution >= 0.6 is 0 Å². The summed E-state index contributed by atoms with van der Waals surface area (Å²) in [4.78, 5) is 38.8. The van der Waals surface area contributed by atoms with Crippen LogP contribution in [0, 0.1) is 13.8 Å². The Balaban J connectivity index is 1.97. The molecule has 2 aromatic rings. The number of nitrogens with one attached hydrogen (secondary N) is 2. The Morgan fingerprint density at radius 3 is 2.15 bits per heavy atom. The molecule has 0 aliphatic carbocycles. The number of hydrogen-bond donors (Lipinski definition) is 2. The van der Waals surface area contributed by atoms with Crippen LogP contribution in [0.2, 0.25) is 0 Å². The van der Waals surface area contributed by atoms with Gasteiger partial charge in [0.15, 0.2) is 12.4 Å². The molecule has 0 spiro atoms. The molecule has 2 rings (SSSR count). The summed E-state index contributed by atoms with van der Waals surface area (Å²) in [6.45, 7) is 10.8. The van der Waals surface area contributed by atoms with Gasteiger partial charge in [-0.05, 0) is 49.4 Å². The van der Waals surface area contributed by atoms with Gasteiger partial charge in [-0.2, -0.15) is 0 Å². The number of rotatable bonds is 5. The van der Waals surface area contributed by atoms with Crippen molar-refractivity contribution in [3.63, 3.8) is 0 Å². The summed E-state index contributed by atoms with van der Waals surface area (Å²) < 4.78 is 5.08. The highest BCUT2D eigenvalue weighted by Crippen LogP contribution is 2.23. The van der Waals surface area contributed by atoms with E-state index in [2.05, 4.69) is 31.1 Å². The van der Waals surface area contributed by atoms with E-state index in [1.54, 1.807) is 13.8 Å². The van der Waals surface area contributed by atoms with Crippen molar-refractivity contribution >= 4 is 23.3 Å². The zero-order valence-electron chi connectivity index (χ0n) is 16.6. The fraction of sp³-hybridized carbons (Fsp3) is 0.381. The third-order valence-corrected chi connectivity index (χ3v) is 4.36. The van der Waals surface area contributed by atoms with Crippen molar-refractivity contribution in [2.24, 2.45) is 0 Å². The number of esters is 1. The van der Waals surface area contributed by atoms with Gasteiger partial charge in [-0.1, -0.05) is 32.9 Å². The molecule has 0 bridgehead atoms. The monoisotopic (exact) mass is 370 g/mol. The summed E-state index contributed by atoms with van der Waals surface area (Å²) in [5.41, 5.74) is 3.63. The van der Waals surface area contributed by atoms with Crippen LogP contribution in [-0.4, -0.2) is 29.3 Å². The standard InChI is InChI=1S/C21H26N2O4/c1-12-18(14(3)24)13(2)22-19(12)20(26)27-11-17(25)23-16-9-7-15(8-10-16)21(4,5)6/h7-10,22H,11H2,1-6H3,(H,23,25). The van der Waals surface area contributed by atoms with Crippen molar-refractivity contribution in [3.05, 3.63) is 52.3 Å². The highest BCUT2D eigenvalue weighted by atomic mass is 16.5. The second-order valence-corrected chi connectivity index (χ2v) is 7.63. The van der Waals surface area contributed by atoms with Crippen molar-refractivity contribution < 1.29 is 19.1 Å². The molecular formula is C21H26N2O4. The van der Waals surface area contributed by atoms with E-state index in [0.717, 1.165) is 5.56 Å². The Labute approximate surface area is 159 Å². The Morgan fingerprint density at radius 2 is 1.67 bits per heavy atom. The van der Waals surface area contributed by atoms with Gasteiger partial charge in [0, 0.05) is 16.9 Å². The molecule has 0 saturated carbocycles. The predicted octanol–water partition coefficient (Wildman–Crippen LogP) is 3.93. The van der Waals surface area contributed by atoms with E-state index in [9.17, 15) is 14.4 Å². The SMILES string of the molecule is CC(=O)c1c(C)[nH]c(C(=O)OCC(=O)Nc2ccc(C(C)(C)C)cc2)c1C.